The third-order valence-electron chi connectivity index (χ3n) is 5.04. The molecule has 0 spiro atoms. The molecular formula is C15H26N2O3. The summed E-state index contributed by atoms with van der Waals surface area (Å²) >= 11 is 0. The van der Waals surface area contributed by atoms with Crippen LogP contribution in [0, 0.1) is 17.8 Å². The highest BCUT2D eigenvalue weighted by molar-refractivity contribution is 5.81. The third kappa shape index (κ3) is 2.97. The van der Waals surface area contributed by atoms with Crippen molar-refractivity contribution in [3.8, 4) is 0 Å². The average Bonchev–Trinajstić information content (AvgIpc) is 2.98. The molecule has 1 amide bonds. The molecule has 0 heterocycles. The van der Waals surface area contributed by atoms with Gasteiger partial charge >= 0.3 is 5.97 Å². The zero-order chi connectivity index (χ0) is 14.9. The van der Waals surface area contributed by atoms with E-state index in [0.29, 0.717) is 11.8 Å². The van der Waals surface area contributed by atoms with Crippen LogP contribution >= 0.6 is 0 Å². The van der Waals surface area contributed by atoms with E-state index < -0.39 is 5.97 Å². The SMILES string of the molecule is CCC(C)NC(=O)C(C)NC1C2CCC(C2)C1C(=O)O. The smallest absolute Gasteiger partial charge is 0.308 e. The minimum atomic E-state index is -0.718. The Hall–Kier alpha value is -1.10. The van der Waals surface area contributed by atoms with Gasteiger partial charge in [-0.3, -0.25) is 9.59 Å². The average molecular weight is 282 g/mol. The number of fused-ring (bicyclic) bond motifs is 2. The van der Waals surface area contributed by atoms with Gasteiger partial charge in [0, 0.05) is 12.1 Å². The molecular weight excluding hydrogens is 256 g/mol. The third-order valence-corrected chi connectivity index (χ3v) is 5.04. The first-order chi connectivity index (χ1) is 9.43. The molecule has 0 saturated heterocycles. The molecule has 3 N–H and O–H groups in total. The summed E-state index contributed by atoms with van der Waals surface area (Å²) in [5.74, 6) is -0.372. The van der Waals surface area contributed by atoms with Crippen molar-refractivity contribution in [3.63, 3.8) is 0 Å². The van der Waals surface area contributed by atoms with Crippen LogP contribution in [0.2, 0.25) is 0 Å². The monoisotopic (exact) mass is 282 g/mol. The van der Waals surface area contributed by atoms with E-state index in [1.54, 1.807) is 0 Å². The van der Waals surface area contributed by atoms with Crippen LogP contribution in [0.5, 0.6) is 0 Å². The number of hydrogen-bond donors (Lipinski definition) is 3. The molecule has 2 rings (SSSR count). The summed E-state index contributed by atoms with van der Waals surface area (Å²) in [5, 5.41) is 15.6. The molecule has 20 heavy (non-hydrogen) atoms. The van der Waals surface area contributed by atoms with Gasteiger partial charge in [-0.2, -0.15) is 0 Å². The van der Waals surface area contributed by atoms with Crippen LogP contribution in [-0.2, 0) is 9.59 Å². The van der Waals surface area contributed by atoms with Crippen molar-refractivity contribution in [3.05, 3.63) is 0 Å². The van der Waals surface area contributed by atoms with Gasteiger partial charge in [-0.15, -0.1) is 0 Å². The molecule has 2 aliphatic rings. The molecule has 5 nitrogen and oxygen atoms in total. The van der Waals surface area contributed by atoms with Gasteiger partial charge in [0.25, 0.3) is 0 Å². The summed E-state index contributed by atoms with van der Waals surface area (Å²) in [6.07, 6.45) is 4.00. The maximum absolute atomic E-state index is 12.1. The number of aliphatic carboxylic acids is 1. The maximum atomic E-state index is 12.1. The lowest BCUT2D eigenvalue weighted by Gasteiger charge is -2.31. The van der Waals surface area contributed by atoms with E-state index in [4.69, 9.17) is 0 Å². The van der Waals surface area contributed by atoms with Crippen LogP contribution in [0.4, 0.5) is 0 Å². The van der Waals surface area contributed by atoms with E-state index in [0.717, 1.165) is 25.7 Å². The van der Waals surface area contributed by atoms with Crippen molar-refractivity contribution < 1.29 is 14.7 Å². The first-order valence-corrected chi connectivity index (χ1v) is 7.73. The summed E-state index contributed by atoms with van der Waals surface area (Å²) in [6.45, 7) is 5.82. The molecule has 2 saturated carbocycles. The molecule has 5 heteroatoms. The van der Waals surface area contributed by atoms with E-state index in [1.807, 2.05) is 20.8 Å². The topological polar surface area (TPSA) is 78.4 Å². The number of amides is 1. The molecule has 0 aromatic carbocycles. The first kappa shape index (κ1) is 15.3. The summed E-state index contributed by atoms with van der Waals surface area (Å²) in [5.41, 5.74) is 0. The summed E-state index contributed by atoms with van der Waals surface area (Å²) in [4.78, 5) is 23.5. The highest BCUT2D eigenvalue weighted by Crippen LogP contribution is 2.48. The van der Waals surface area contributed by atoms with E-state index in [1.165, 1.54) is 0 Å². The lowest BCUT2D eigenvalue weighted by molar-refractivity contribution is -0.145. The number of carboxylic acid groups (broad SMARTS) is 1. The van der Waals surface area contributed by atoms with Crippen molar-refractivity contribution >= 4 is 11.9 Å². The van der Waals surface area contributed by atoms with Crippen molar-refractivity contribution in [2.75, 3.05) is 0 Å². The van der Waals surface area contributed by atoms with Crippen LogP contribution in [0.1, 0.15) is 46.5 Å². The highest BCUT2D eigenvalue weighted by Gasteiger charge is 2.51. The summed E-state index contributed by atoms with van der Waals surface area (Å²) < 4.78 is 0. The quantitative estimate of drug-likeness (QED) is 0.687. The minimum Gasteiger partial charge on any atom is -0.481 e. The second-order valence-corrected chi connectivity index (χ2v) is 6.43. The van der Waals surface area contributed by atoms with Crippen molar-refractivity contribution in [1.82, 2.24) is 10.6 Å². The van der Waals surface area contributed by atoms with Crippen LogP contribution in [0.15, 0.2) is 0 Å². The van der Waals surface area contributed by atoms with Gasteiger partial charge in [0.05, 0.1) is 12.0 Å². The summed E-state index contributed by atoms with van der Waals surface area (Å²) in [6, 6.07) is -0.235. The van der Waals surface area contributed by atoms with Gasteiger partial charge in [-0.25, -0.2) is 0 Å². The molecule has 6 unspecified atom stereocenters. The van der Waals surface area contributed by atoms with Crippen LogP contribution in [0.25, 0.3) is 0 Å². The van der Waals surface area contributed by atoms with Gasteiger partial charge in [0.1, 0.15) is 0 Å². The lowest BCUT2D eigenvalue weighted by Crippen LogP contribution is -2.53. The number of nitrogens with one attached hydrogen (secondary N) is 2. The zero-order valence-corrected chi connectivity index (χ0v) is 12.6. The van der Waals surface area contributed by atoms with E-state index >= 15 is 0 Å². The second kappa shape index (κ2) is 6.12. The van der Waals surface area contributed by atoms with Crippen LogP contribution in [0.3, 0.4) is 0 Å². The van der Waals surface area contributed by atoms with Gasteiger partial charge in [0.15, 0.2) is 0 Å². The number of carbonyl (C=O) groups is 2. The molecule has 0 aliphatic heterocycles. The number of hydrogen-bond acceptors (Lipinski definition) is 3. The van der Waals surface area contributed by atoms with Gasteiger partial charge in [0.2, 0.25) is 5.91 Å². The molecule has 114 valence electrons. The van der Waals surface area contributed by atoms with E-state index in [2.05, 4.69) is 10.6 Å². The fourth-order valence-electron chi connectivity index (χ4n) is 3.72. The predicted octanol–water partition coefficient (Wildman–Crippen LogP) is 1.38. The second-order valence-electron chi connectivity index (χ2n) is 6.43. The van der Waals surface area contributed by atoms with Crippen LogP contribution < -0.4 is 10.6 Å². The Kier molecular flexibility index (Phi) is 4.68. The zero-order valence-electron chi connectivity index (χ0n) is 12.6. The van der Waals surface area contributed by atoms with E-state index in [-0.39, 0.29) is 30.0 Å². The Labute approximate surface area is 120 Å². The minimum absolute atomic E-state index is 0.0359. The lowest BCUT2D eigenvalue weighted by atomic mass is 9.84. The van der Waals surface area contributed by atoms with Gasteiger partial charge in [-0.1, -0.05) is 6.92 Å². The largest absolute Gasteiger partial charge is 0.481 e. The number of carbonyl (C=O) groups excluding carboxylic acids is 1. The fourth-order valence-corrected chi connectivity index (χ4v) is 3.72. The van der Waals surface area contributed by atoms with Crippen molar-refractivity contribution in [1.29, 1.82) is 0 Å². The van der Waals surface area contributed by atoms with Crippen molar-refractivity contribution in [2.24, 2.45) is 17.8 Å². The molecule has 0 radical (unpaired) electrons. The van der Waals surface area contributed by atoms with Crippen molar-refractivity contribution in [2.45, 2.75) is 64.6 Å². The molecule has 0 aromatic rings. The molecule has 2 fully saturated rings. The first-order valence-electron chi connectivity index (χ1n) is 7.73. The normalized spacial score (nSPS) is 34.8. The summed E-state index contributed by atoms with van der Waals surface area (Å²) in [7, 11) is 0. The van der Waals surface area contributed by atoms with Crippen LogP contribution in [-0.4, -0.2) is 35.1 Å². The standard InChI is InChI=1S/C15H26N2O3/c1-4-8(2)16-14(18)9(3)17-13-11-6-5-10(7-11)12(13)15(19)20/h8-13,17H,4-7H2,1-3H3,(H,16,18)(H,19,20). The fraction of sp³-hybridized carbons (Fsp3) is 0.867. The number of rotatable bonds is 6. The Morgan fingerprint density at radius 2 is 1.90 bits per heavy atom. The molecule has 0 aromatic heterocycles. The molecule has 6 atom stereocenters. The Bertz CT molecular complexity index is 385. The predicted molar refractivity (Wildman–Crippen MR) is 76.2 cm³/mol. The molecule has 2 aliphatic carbocycles. The highest BCUT2D eigenvalue weighted by atomic mass is 16.4. The molecule has 2 bridgehead atoms. The van der Waals surface area contributed by atoms with Gasteiger partial charge in [-0.05, 0) is 51.4 Å². The Balaban J connectivity index is 1.94. The Morgan fingerprint density at radius 1 is 1.25 bits per heavy atom. The Morgan fingerprint density at radius 3 is 2.50 bits per heavy atom. The van der Waals surface area contributed by atoms with Gasteiger partial charge < -0.3 is 15.7 Å². The van der Waals surface area contributed by atoms with E-state index in [9.17, 15) is 14.7 Å². The maximum Gasteiger partial charge on any atom is 0.308 e. The number of carboxylic acids is 1.